The van der Waals surface area contributed by atoms with E-state index in [1.807, 2.05) is 6.07 Å². The van der Waals surface area contributed by atoms with Gasteiger partial charge in [-0.25, -0.2) is 13.1 Å². The molecular formula is C21H17Cl2NO4S. The Morgan fingerprint density at radius 1 is 1.00 bits per heavy atom. The Hall–Kier alpha value is -2.54. The average Bonchev–Trinajstić information content (AvgIpc) is 2.68. The Morgan fingerprint density at radius 3 is 2.48 bits per heavy atom. The zero-order chi connectivity index (χ0) is 21.0. The number of rotatable bonds is 6. The molecule has 3 aromatic carbocycles. The molecule has 150 valence electrons. The maximum atomic E-state index is 12.7. The summed E-state index contributed by atoms with van der Waals surface area (Å²) in [6, 6.07) is 18.0. The molecule has 0 aliphatic carbocycles. The van der Waals surface area contributed by atoms with Crippen LogP contribution in [0.3, 0.4) is 0 Å². The maximum absolute atomic E-state index is 12.7. The Morgan fingerprint density at radius 2 is 1.72 bits per heavy atom. The molecular weight excluding hydrogens is 433 g/mol. The molecule has 0 fully saturated rings. The van der Waals surface area contributed by atoms with E-state index < -0.39 is 15.9 Å². The van der Waals surface area contributed by atoms with Crippen LogP contribution in [0.4, 0.5) is 0 Å². The highest BCUT2D eigenvalue weighted by molar-refractivity contribution is 7.90. The van der Waals surface area contributed by atoms with Crippen LogP contribution in [-0.4, -0.2) is 14.3 Å². The molecule has 0 bridgehead atoms. The topological polar surface area (TPSA) is 72.5 Å². The van der Waals surface area contributed by atoms with Gasteiger partial charge in [0.05, 0.1) is 10.5 Å². The zero-order valence-corrected chi connectivity index (χ0v) is 17.7. The van der Waals surface area contributed by atoms with Crippen LogP contribution in [0.1, 0.15) is 21.5 Å². The van der Waals surface area contributed by atoms with Crippen LogP contribution in [0.5, 0.6) is 5.75 Å². The van der Waals surface area contributed by atoms with Gasteiger partial charge in [0.25, 0.3) is 15.9 Å². The normalized spacial score (nSPS) is 11.1. The van der Waals surface area contributed by atoms with Gasteiger partial charge in [0.1, 0.15) is 12.4 Å². The fourth-order valence-electron chi connectivity index (χ4n) is 2.68. The van der Waals surface area contributed by atoms with Crippen LogP contribution in [0.15, 0.2) is 71.6 Å². The summed E-state index contributed by atoms with van der Waals surface area (Å²) in [5, 5.41) is 0.866. The molecule has 8 heteroatoms. The third-order valence-corrected chi connectivity index (χ3v) is 6.27. The van der Waals surface area contributed by atoms with Crippen molar-refractivity contribution >= 4 is 39.1 Å². The summed E-state index contributed by atoms with van der Waals surface area (Å²) in [5.74, 6) is -0.547. The number of nitrogens with one attached hydrogen (secondary N) is 1. The summed E-state index contributed by atoms with van der Waals surface area (Å²) in [4.78, 5) is 12.6. The first-order chi connectivity index (χ1) is 13.8. The first-order valence-corrected chi connectivity index (χ1v) is 10.8. The van der Waals surface area contributed by atoms with Crippen LogP contribution in [0.2, 0.25) is 10.0 Å². The average molecular weight is 450 g/mol. The van der Waals surface area contributed by atoms with Crippen molar-refractivity contribution in [3.05, 3.63) is 93.5 Å². The molecule has 0 radical (unpaired) electrons. The standard InChI is InChI=1S/C21H17Cl2NO4S/c1-14-18(23)9-5-11-20(14)29(26,27)24-21(25)17-8-2-3-10-19(17)28-13-15-6-4-7-16(22)12-15/h2-12H,13H2,1H3,(H,24,25). The molecule has 1 N–H and O–H groups in total. The van der Waals surface area contributed by atoms with Crippen LogP contribution in [0.25, 0.3) is 0 Å². The highest BCUT2D eigenvalue weighted by atomic mass is 35.5. The van der Waals surface area contributed by atoms with E-state index in [4.69, 9.17) is 27.9 Å². The van der Waals surface area contributed by atoms with Crippen molar-refractivity contribution in [2.24, 2.45) is 0 Å². The van der Waals surface area contributed by atoms with Crippen LogP contribution in [0, 0.1) is 6.92 Å². The SMILES string of the molecule is Cc1c(Cl)cccc1S(=O)(=O)NC(=O)c1ccccc1OCc1cccc(Cl)c1. The number of sulfonamides is 1. The Balaban J connectivity index is 1.82. The molecule has 0 heterocycles. The van der Waals surface area contributed by atoms with Gasteiger partial charge in [-0.3, -0.25) is 4.79 Å². The van der Waals surface area contributed by atoms with Gasteiger partial charge in [-0.15, -0.1) is 0 Å². The Kier molecular flexibility index (Phi) is 6.47. The second kappa shape index (κ2) is 8.86. The van der Waals surface area contributed by atoms with Crippen molar-refractivity contribution < 1.29 is 17.9 Å². The van der Waals surface area contributed by atoms with Crippen LogP contribution >= 0.6 is 23.2 Å². The molecule has 0 aliphatic heterocycles. The van der Waals surface area contributed by atoms with E-state index in [0.717, 1.165) is 5.56 Å². The van der Waals surface area contributed by atoms with Gasteiger partial charge in [0, 0.05) is 10.0 Å². The van der Waals surface area contributed by atoms with Crippen LogP contribution in [-0.2, 0) is 16.6 Å². The highest BCUT2D eigenvalue weighted by Crippen LogP contribution is 2.24. The van der Waals surface area contributed by atoms with Gasteiger partial charge in [0.15, 0.2) is 0 Å². The van der Waals surface area contributed by atoms with Gasteiger partial charge >= 0.3 is 0 Å². The summed E-state index contributed by atoms with van der Waals surface area (Å²) < 4.78 is 33.1. The minimum atomic E-state index is -4.11. The van der Waals surface area contributed by atoms with Crippen molar-refractivity contribution in [1.29, 1.82) is 0 Å². The predicted octanol–water partition coefficient (Wildman–Crippen LogP) is 5.00. The minimum Gasteiger partial charge on any atom is -0.488 e. The molecule has 0 aromatic heterocycles. The van der Waals surface area contributed by atoms with Gasteiger partial charge in [0.2, 0.25) is 0 Å². The molecule has 3 rings (SSSR count). The molecule has 29 heavy (non-hydrogen) atoms. The lowest BCUT2D eigenvalue weighted by atomic mass is 10.2. The molecule has 3 aromatic rings. The molecule has 0 saturated heterocycles. The van der Waals surface area contributed by atoms with Gasteiger partial charge in [-0.05, 0) is 54.4 Å². The molecule has 5 nitrogen and oxygen atoms in total. The third kappa shape index (κ3) is 5.09. The molecule has 0 aliphatic rings. The van der Waals surface area contributed by atoms with E-state index in [1.165, 1.54) is 18.2 Å². The number of para-hydroxylation sites is 1. The predicted molar refractivity (Wildman–Crippen MR) is 113 cm³/mol. The van der Waals surface area contributed by atoms with Gasteiger partial charge in [-0.2, -0.15) is 0 Å². The number of carbonyl (C=O) groups is 1. The smallest absolute Gasteiger partial charge is 0.268 e. The number of halogens is 2. The lowest BCUT2D eigenvalue weighted by Gasteiger charge is -2.13. The van der Waals surface area contributed by atoms with Crippen molar-refractivity contribution in [3.8, 4) is 5.75 Å². The molecule has 1 amide bonds. The van der Waals surface area contributed by atoms with Gasteiger partial charge in [-0.1, -0.05) is 53.5 Å². The lowest BCUT2D eigenvalue weighted by molar-refractivity contribution is 0.0977. The molecule has 0 saturated carbocycles. The van der Waals surface area contributed by atoms with E-state index >= 15 is 0 Å². The molecule has 0 atom stereocenters. The summed E-state index contributed by atoms with van der Waals surface area (Å²) in [7, 11) is -4.11. The van der Waals surface area contributed by atoms with Crippen molar-refractivity contribution in [3.63, 3.8) is 0 Å². The van der Waals surface area contributed by atoms with Crippen molar-refractivity contribution in [1.82, 2.24) is 4.72 Å². The van der Waals surface area contributed by atoms with E-state index in [1.54, 1.807) is 49.4 Å². The zero-order valence-electron chi connectivity index (χ0n) is 15.4. The molecule has 0 unspecified atom stereocenters. The van der Waals surface area contributed by atoms with Crippen molar-refractivity contribution in [2.75, 3.05) is 0 Å². The minimum absolute atomic E-state index is 0.0596. The number of hydrogen-bond donors (Lipinski definition) is 1. The summed E-state index contributed by atoms with van der Waals surface area (Å²) in [6.45, 7) is 1.74. The lowest BCUT2D eigenvalue weighted by Crippen LogP contribution is -2.31. The number of ether oxygens (including phenoxy) is 1. The third-order valence-electron chi connectivity index (χ3n) is 4.15. The summed E-state index contributed by atoms with van der Waals surface area (Å²) >= 11 is 12.0. The summed E-state index contributed by atoms with van der Waals surface area (Å²) in [5.41, 5.74) is 1.27. The highest BCUT2D eigenvalue weighted by Gasteiger charge is 2.23. The maximum Gasteiger partial charge on any atom is 0.268 e. The number of carbonyl (C=O) groups excluding carboxylic acids is 1. The molecule has 0 spiro atoms. The van der Waals surface area contributed by atoms with Gasteiger partial charge < -0.3 is 4.74 Å². The first-order valence-electron chi connectivity index (χ1n) is 8.56. The van der Waals surface area contributed by atoms with E-state index in [0.29, 0.717) is 15.6 Å². The largest absolute Gasteiger partial charge is 0.488 e. The van der Waals surface area contributed by atoms with E-state index in [2.05, 4.69) is 4.72 Å². The monoisotopic (exact) mass is 449 g/mol. The van der Waals surface area contributed by atoms with E-state index in [-0.39, 0.29) is 22.8 Å². The van der Waals surface area contributed by atoms with Crippen LogP contribution < -0.4 is 9.46 Å². The quantitative estimate of drug-likeness (QED) is 0.574. The number of hydrogen-bond acceptors (Lipinski definition) is 4. The second-order valence-electron chi connectivity index (χ2n) is 6.21. The fourth-order valence-corrected chi connectivity index (χ4v) is 4.36. The van der Waals surface area contributed by atoms with E-state index in [9.17, 15) is 13.2 Å². The first kappa shape index (κ1) is 21.2. The number of benzene rings is 3. The Bertz CT molecular complexity index is 1160. The van der Waals surface area contributed by atoms with Crippen molar-refractivity contribution in [2.45, 2.75) is 18.4 Å². The fraction of sp³-hybridized carbons (Fsp3) is 0.0952. The Labute approximate surface area is 179 Å². The summed E-state index contributed by atoms with van der Waals surface area (Å²) in [6.07, 6.45) is 0. The number of amides is 1. The second-order valence-corrected chi connectivity index (χ2v) is 8.71.